The summed E-state index contributed by atoms with van der Waals surface area (Å²) in [6.07, 6.45) is 7.18. The molecule has 3 nitrogen and oxygen atoms in total. The van der Waals surface area contributed by atoms with Crippen LogP contribution in [0.2, 0.25) is 0 Å². The topological polar surface area (TPSA) is 46.5 Å². The molecule has 0 aliphatic rings. The van der Waals surface area contributed by atoms with Crippen LogP contribution in [0.3, 0.4) is 0 Å². The van der Waals surface area contributed by atoms with Crippen molar-refractivity contribution in [1.29, 1.82) is 0 Å². The third-order valence-electron chi connectivity index (χ3n) is 1.93. The largest absolute Gasteiger partial charge is 0.479 e. The molecule has 0 amide bonds. The first-order valence-electron chi connectivity index (χ1n) is 5.21. The Morgan fingerprint density at radius 2 is 2.14 bits per heavy atom. The van der Waals surface area contributed by atoms with Crippen LogP contribution in [-0.2, 0) is 9.53 Å². The van der Waals surface area contributed by atoms with Crippen molar-refractivity contribution in [3.05, 3.63) is 12.2 Å². The summed E-state index contributed by atoms with van der Waals surface area (Å²) < 4.78 is 5.15. The molecule has 0 saturated heterocycles. The number of hydrogen-bond donors (Lipinski definition) is 1. The normalized spacial score (nSPS) is 13.3. The van der Waals surface area contributed by atoms with Crippen LogP contribution in [0.4, 0.5) is 0 Å². The van der Waals surface area contributed by atoms with Crippen molar-refractivity contribution >= 4 is 5.97 Å². The molecule has 0 fully saturated rings. The van der Waals surface area contributed by atoms with Crippen molar-refractivity contribution in [2.45, 2.75) is 45.6 Å². The number of allylic oxidation sites excluding steroid dienone is 1. The lowest BCUT2D eigenvalue weighted by atomic mass is 10.2. The first-order valence-corrected chi connectivity index (χ1v) is 5.21. The SMILES string of the molecule is CCCC/C=C/COC(CC)C(=O)O. The van der Waals surface area contributed by atoms with Gasteiger partial charge >= 0.3 is 5.97 Å². The smallest absolute Gasteiger partial charge is 0.332 e. The van der Waals surface area contributed by atoms with Gasteiger partial charge in [0.25, 0.3) is 0 Å². The van der Waals surface area contributed by atoms with Crippen LogP contribution in [0.5, 0.6) is 0 Å². The number of unbranched alkanes of at least 4 members (excludes halogenated alkanes) is 2. The molecule has 0 saturated carbocycles. The fourth-order valence-corrected chi connectivity index (χ4v) is 1.04. The first kappa shape index (κ1) is 13.2. The van der Waals surface area contributed by atoms with Gasteiger partial charge in [-0.05, 0) is 12.8 Å². The van der Waals surface area contributed by atoms with Gasteiger partial charge in [0.1, 0.15) is 0 Å². The molecular formula is C11H20O3. The zero-order valence-corrected chi connectivity index (χ0v) is 9.03. The van der Waals surface area contributed by atoms with Crippen LogP contribution in [0.1, 0.15) is 39.5 Å². The van der Waals surface area contributed by atoms with E-state index < -0.39 is 12.1 Å². The maximum Gasteiger partial charge on any atom is 0.332 e. The van der Waals surface area contributed by atoms with Crippen LogP contribution in [0.25, 0.3) is 0 Å². The Morgan fingerprint density at radius 1 is 1.43 bits per heavy atom. The van der Waals surface area contributed by atoms with E-state index in [4.69, 9.17) is 9.84 Å². The van der Waals surface area contributed by atoms with Crippen molar-refractivity contribution in [2.75, 3.05) is 6.61 Å². The fraction of sp³-hybridized carbons (Fsp3) is 0.727. The van der Waals surface area contributed by atoms with Crippen molar-refractivity contribution < 1.29 is 14.6 Å². The van der Waals surface area contributed by atoms with Gasteiger partial charge in [-0.25, -0.2) is 4.79 Å². The fourth-order valence-electron chi connectivity index (χ4n) is 1.04. The summed E-state index contributed by atoms with van der Waals surface area (Å²) in [4.78, 5) is 10.5. The van der Waals surface area contributed by atoms with Gasteiger partial charge in [-0.15, -0.1) is 0 Å². The highest BCUT2D eigenvalue weighted by Crippen LogP contribution is 1.99. The molecule has 0 radical (unpaired) electrons. The van der Waals surface area contributed by atoms with Crippen molar-refractivity contribution in [1.82, 2.24) is 0 Å². The summed E-state index contributed by atoms with van der Waals surface area (Å²) in [7, 11) is 0. The van der Waals surface area contributed by atoms with Crippen molar-refractivity contribution in [3.8, 4) is 0 Å². The van der Waals surface area contributed by atoms with Crippen molar-refractivity contribution in [3.63, 3.8) is 0 Å². The third kappa shape index (κ3) is 6.66. The number of hydrogen-bond acceptors (Lipinski definition) is 2. The first-order chi connectivity index (χ1) is 6.72. The monoisotopic (exact) mass is 200 g/mol. The second-order valence-corrected chi connectivity index (χ2v) is 3.18. The summed E-state index contributed by atoms with van der Waals surface area (Å²) in [6.45, 7) is 4.34. The highest BCUT2D eigenvalue weighted by molar-refractivity contribution is 5.72. The van der Waals surface area contributed by atoms with Gasteiger partial charge in [0.15, 0.2) is 6.10 Å². The zero-order chi connectivity index (χ0) is 10.8. The quantitative estimate of drug-likeness (QED) is 0.484. The molecule has 1 unspecified atom stereocenters. The number of carbonyl (C=O) groups is 1. The minimum absolute atomic E-state index is 0.397. The molecule has 0 rings (SSSR count). The van der Waals surface area contributed by atoms with E-state index in [2.05, 4.69) is 6.92 Å². The molecule has 0 heterocycles. The Hall–Kier alpha value is -0.830. The summed E-state index contributed by atoms with van der Waals surface area (Å²) in [6, 6.07) is 0. The summed E-state index contributed by atoms with van der Waals surface area (Å²) in [5, 5.41) is 8.66. The molecule has 0 aromatic rings. The molecular weight excluding hydrogens is 180 g/mol. The summed E-state index contributed by atoms with van der Waals surface area (Å²) >= 11 is 0. The standard InChI is InChI=1S/C11H20O3/c1-3-5-6-7-8-9-14-10(4-2)11(12)13/h7-8,10H,3-6,9H2,1-2H3,(H,12,13)/b8-7+. The molecule has 14 heavy (non-hydrogen) atoms. The predicted octanol–water partition coefficient (Wildman–Crippen LogP) is 2.61. The maximum absolute atomic E-state index is 10.5. The molecule has 0 aromatic carbocycles. The average molecular weight is 200 g/mol. The predicted molar refractivity (Wildman–Crippen MR) is 56.3 cm³/mol. The molecule has 0 aromatic heterocycles. The number of ether oxygens (including phenoxy) is 1. The lowest BCUT2D eigenvalue weighted by Crippen LogP contribution is -2.22. The molecule has 1 N–H and O–H groups in total. The number of carboxylic acids is 1. The van der Waals surface area contributed by atoms with E-state index >= 15 is 0 Å². The highest BCUT2D eigenvalue weighted by atomic mass is 16.5. The van der Waals surface area contributed by atoms with Gasteiger partial charge in [0.05, 0.1) is 6.61 Å². The molecule has 3 heteroatoms. The van der Waals surface area contributed by atoms with Gasteiger partial charge < -0.3 is 9.84 Å². The van der Waals surface area contributed by atoms with Gasteiger partial charge in [0, 0.05) is 0 Å². The average Bonchev–Trinajstić information content (AvgIpc) is 2.16. The Labute approximate surface area is 85.8 Å². The molecule has 1 atom stereocenters. The van der Waals surface area contributed by atoms with Crippen LogP contribution in [-0.4, -0.2) is 23.8 Å². The minimum atomic E-state index is -0.880. The van der Waals surface area contributed by atoms with Gasteiger partial charge in [-0.2, -0.15) is 0 Å². The van der Waals surface area contributed by atoms with Gasteiger partial charge in [-0.3, -0.25) is 0 Å². The minimum Gasteiger partial charge on any atom is -0.479 e. The van der Waals surface area contributed by atoms with E-state index in [1.165, 1.54) is 12.8 Å². The molecule has 0 aliphatic carbocycles. The van der Waals surface area contributed by atoms with E-state index in [1.807, 2.05) is 12.2 Å². The van der Waals surface area contributed by atoms with E-state index in [1.54, 1.807) is 6.92 Å². The second-order valence-electron chi connectivity index (χ2n) is 3.18. The van der Waals surface area contributed by atoms with Crippen LogP contribution in [0, 0.1) is 0 Å². The molecule has 82 valence electrons. The van der Waals surface area contributed by atoms with E-state index in [9.17, 15) is 4.79 Å². The van der Waals surface area contributed by atoms with Crippen LogP contribution in [0.15, 0.2) is 12.2 Å². The number of aliphatic carboxylic acids is 1. The number of carboxylic acid groups (broad SMARTS) is 1. The Balaban J connectivity index is 3.50. The lowest BCUT2D eigenvalue weighted by Gasteiger charge is -2.08. The van der Waals surface area contributed by atoms with E-state index in [0.29, 0.717) is 13.0 Å². The van der Waals surface area contributed by atoms with Gasteiger partial charge in [0.2, 0.25) is 0 Å². The molecule has 0 aliphatic heterocycles. The Morgan fingerprint density at radius 3 is 2.64 bits per heavy atom. The molecule has 0 bridgehead atoms. The van der Waals surface area contributed by atoms with E-state index in [-0.39, 0.29) is 0 Å². The van der Waals surface area contributed by atoms with E-state index in [0.717, 1.165) is 6.42 Å². The summed E-state index contributed by atoms with van der Waals surface area (Å²) in [5.41, 5.74) is 0. The highest BCUT2D eigenvalue weighted by Gasteiger charge is 2.13. The van der Waals surface area contributed by atoms with Crippen LogP contribution < -0.4 is 0 Å². The number of rotatable bonds is 8. The lowest BCUT2D eigenvalue weighted by molar-refractivity contribution is -0.149. The zero-order valence-electron chi connectivity index (χ0n) is 9.03. The third-order valence-corrected chi connectivity index (χ3v) is 1.93. The van der Waals surface area contributed by atoms with Crippen LogP contribution >= 0.6 is 0 Å². The van der Waals surface area contributed by atoms with Gasteiger partial charge in [-0.1, -0.05) is 38.8 Å². The Kier molecular flexibility index (Phi) is 8.24. The summed E-state index contributed by atoms with van der Waals surface area (Å²) in [5.74, 6) is -0.880. The van der Waals surface area contributed by atoms with Crippen molar-refractivity contribution in [2.24, 2.45) is 0 Å². The Bertz CT molecular complexity index is 175. The maximum atomic E-state index is 10.5. The second kappa shape index (κ2) is 8.75. The molecule has 0 spiro atoms.